The minimum atomic E-state index is 0.0577. The van der Waals surface area contributed by atoms with Crippen molar-refractivity contribution in [2.24, 2.45) is 0 Å². The number of likely N-dealkylation sites (N-methyl/N-ethyl adjacent to an activating group) is 1. The summed E-state index contributed by atoms with van der Waals surface area (Å²) >= 11 is 0. The van der Waals surface area contributed by atoms with Crippen LogP contribution in [-0.2, 0) is 16.8 Å². The zero-order valence-electron chi connectivity index (χ0n) is 14.0. The van der Waals surface area contributed by atoms with Gasteiger partial charge in [0.15, 0.2) is 0 Å². The van der Waals surface area contributed by atoms with Gasteiger partial charge < -0.3 is 4.90 Å². The third-order valence-electron chi connectivity index (χ3n) is 4.30. The van der Waals surface area contributed by atoms with Gasteiger partial charge in [0.1, 0.15) is 0 Å². The zero-order chi connectivity index (χ0) is 15.6. The summed E-state index contributed by atoms with van der Waals surface area (Å²) in [5, 5.41) is 0. The molecule has 1 atom stereocenters. The first-order valence-electron chi connectivity index (χ1n) is 7.83. The number of benzene rings is 1. The standard InChI is InChI=1S/C18H28N2O/c1-18(2,3)15-10-8-14(9-11-15)13-20-12-6-7-16(20)17(21)19(4)5/h8-11,16H,6-7,12-13H2,1-5H3. The fraction of sp³-hybridized carbons (Fsp3) is 0.611. The maximum absolute atomic E-state index is 12.2. The Morgan fingerprint density at radius 3 is 2.38 bits per heavy atom. The molecule has 0 N–H and O–H groups in total. The van der Waals surface area contributed by atoms with Crippen LogP contribution in [0.2, 0.25) is 0 Å². The molecule has 1 heterocycles. The van der Waals surface area contributed by atoms with Gasteiger partial charge in [-0.25, -0.2) is 0 Å². The molecule has 21 heavy (non-hydrogen) atoms. The number of amides is 1. The van der Waals surface area contributed by atoms with E-state index in [1.54, 1.807) is 4.90 Å². The van der Waals surface area contributed by atoms with E-state index in [4.69, 9.17) is 0 Å². The molecule has 0 aromatic heterocycles. The van der Waals surface area contributed by atoms with Gasteiger partial charge in [0.2, 0.25) is 5.91 Å². The predicted molar refractivity (Wildman–Crippen MR) is 87.3 cm³/mol. The predicted octanol–water partition coefficient (Wildman–Crippen LogP) is 3.04. The lowest BCUT2D eigenvalue weighted by atomic mass is 9.87. The van der Waals surface area contributed by atoms with Crippen LogP contribution in [0.25, 0.3) is 0 Å². The average molecular weight is 288 g/mol. The van der Waals surface area contributed by atoms with Crippen LogP contribution in [0.3, 0.4) is 0 Å². The van der Waals surface area contributed by atoms with E-state index >= 15 is 0 Å². The third-order valence-corrected chi connectivity index (χ3v) is 4.30. The number of hydrogen-bond acceptors (Lipinski definition) is 2. The van der Waals surface area contributed by atoms with E-state index in [1.165, 1.54) is 11.1 Å². The van der Waals surface area contributed by atoms with Crippen LogP contribution in [0.5, 0.6) is 0 Å². The van der Waals surface area contributed by atoms with Crippen molar-refractivity contribution >= 4 is 5.91 Å². The van der Waals surface area contributed by atoms with Gasteiger partial charge in [0.05, 0.1) is 6.04 Å². The van der Waals surface area contributed by atoms with E-state index in [0.717, 1.165) is 25.9 Å². The Morgan fingerprint density at radius 1 is 1.24 bits per heavy atom. The molecule has 1 aliphatic rings. The first-order valence-corrected chi connectivity index (χ1v) is 7.83. The lowest BCUT2D eigenvalue weighted by molar-refractivity contribution is -0.133. The molecule has 116 valence electrons. The van der Waals surface area contributed by atoms with Crippen molar-refractivity contribution in [1.29, 1.82) is 0 Å². The van der Waals surface area contributed by atoms with Gasteiger partial charge in [0, 0.05) is 20.6 Å². The van der Waals surface area contributed by atoms with Gasteiger partial charge in [-0.2, -0.15) is 0 Å². The summed E-state index contributed by atoms with van der Waals surface area (Å²) in [6, 6.07) is 8.90. The highest BCUT2D eigenvalue weighted by Gasteiger charge is 2.31. The van der Waals surface area contributed by atoms with E-state index in [-0.39, 0.29) is 17.4 Å². The summed E-state index contributed by atoms with van der Waals surface area (Å²) in [5.74, 6) is 0.235. The minimum Gasteiger partial charge on any atom is -0.347 e. The Hall–Kier alpha value is -1.35. The maximum atomic E-state index is 12.2. The Morgan fingerprint density at radius 2 is 1.86 bits per heavy atom. The maximum Gasteiger partial charge on any atom is 0.239 e. The van der Waals surface area contributed by atoms with Crippen molar-refractivity contribution in [3.63, 3.8) is 0 Å². The molecule has 3 nitrogen and oxygen atoms in total. The molecule has 1 fully saturated rings. The monoisotopic (exact) mass is 288 g/mol. The fourth-order valence-electron chi connectivity index (χ4n) is 2.94. The molecule has 0 radical (unpaired) electrons. The summed E-state index contributed by atoms with van der Waals surface area (Å²) in [7, 11) is 3.69. The van der Waals surface area contributed by atoms with Gasteiger partial charge in [-0.15, -0.1) is 0 Å². The highest BCUT2D eigenvalue weighted by Crippen LogP contribution is 2.24. The molecule has 0 aliphatic carbocycles. The minimum absolute atomic E-state index is 0.0577. The van der Waals surface area contributed by atoms with Crippen molar-refractivity contribution in [3.8, 4) is 0 Å². The first kappa shape index (κ1) is 16.0. The molecule has 2 rings (SSSR count). The van der Waals surface area contributed by atoms with Crippen molar-refractivity contribution in [3.05, 3.63) is 35.4 Å². The molecular weight excluding hydrogens is 260 g/mol. The molecule has 1 unspecified atom stereocenters. The zero-order valence-corrected chi connectivity index (χ0v) is 14.0. The summed E-state index contributed by atoms with van der Waals surface area (Å²) in [4.78, 5) is 16.2. The summed E-state index contributed by atoms with van der Waals surface area (Å²) in [5.41, 5.74) is 2.84. The van der Waals surface area contributed by atoms with Crippen LogP contribution in [0.4, 0.5) is 0 Å². The van der Waals surface area contributed by atoms with E-state index in [9.17, 15) is 4.79 Å². The summed E-state index contributed by atoms with van der Waals surface area (Å²) in [6.45, 7) is 8.58. The third kappa shape index (κ3) is 3.85. The largest absolute Gasteiger partial charge is 0.347 e. The average Bonchev–Trinajstić information content (AvgIpc) is 2.85. The van der Waals surface area contributed by atoms with Crippen LogP contribution in [0.15, 0.2) is 24.3 Å². The van der Waals surface area contributed by atoms with Crippen LogP contribution in [-0.4, -0.2) is 42.4 Å². The SMILES string of the molecule is CN(C)C(=O)C1CCCN1Cc1ccc(C(C)(C)C)cc1. The molecule has 1 aliphatic heterocycles. The number of nitrogens with zero attached hydrogens (tertiary/aromatic N) is 2. The van der Waals surface area contributed by atoms with E-state index in [2.05, 4.69) is 49.9 Å². The fourth-order valence-corrected chi connectivity index (χ4v) is 2.94. The van der Waals surface area contributed by atoms with E-state index in [1.807, 2.05) is 14.1 Å². The van der Waals surface area contributed by atoms with Gasteiger partial charge in [-0.3, -0.25) is 9.69 Å². The summed E-state index contributed by atoms with van der Waals surface area (Å²) < 4.78 is 0. The van der Waals surface area contributed by atoms with Gasteiger partial charge in [0.25, 0.3) is 0 Å². The number of carbonyl (C=O) groups excluding carboxylic acids is 1. The Bertz CT molecular complexity index is 485. The molecule has 1 amide bonds. The van der Waals surface area contributed by atoms with Crippen molar-refractivity contribution in [2.45, 2.75) is 51.6 Å². The van der Waals surface area contributed by atoms with Crippen LogP contribution in [0.1, 0.15) is 44.7 Å². The quantitative estimate of drug-likeness (QED) is 0.853. The molecule has 0 saturated carbocycles. The van der Waals surface area contributed by atoms with Crippen molar-refractivity contribution in [2.75, 3.05) is 20.6 Å². The molecule has 3 heteroatoms. The van der Waals surface area contributed by atoms with E-state index < -0.39 is 0 Å². The van der Waals surface area contributed by atoms with Crippen LogP contribution in [0, 0.1) is 0 Å². The second kappa shape index (κ2) is 6.18. The number of hydrogen-bond donors (Lipinski definition) is 0. The Labute approximate surface area is 128 Å². The number of likely N-dealkylation sites (tertiary alicyclic amines) is 1. The second-order valence-electron chi connectivity index (χ2n) is 7.31. The van der Waals surface area contributed by atoms with Gasteiger partial charge >= 0.3 is 0 Å². The van der Waals surface area contributed by atoms with Gasteiger partial charge in [-0.05, 0) is 35.9 Å². The van der Waals surface area contributed by atoms with E-state index in [0.29, 0.717) is 0 Å². The lowest BCUT2D eigenvalue weighted by Gasteiger charge is -2.26. The van der Waals surface area contributed by atoms with Gasteiger partial charge in [-0.1, -0.05) is 45.0 Å². The smallest absolute Gasteiger partial charge is 0.239 e. The molecule has 0 bridgehead atoms. The normalized spacial score (nSPS) is 19.8. The molecule has 1 aromatic rings. The van der Waals surface area contributed by atoms with Crippen LogP contribution >= 0.6 is 0 Å². The highest BCUT2D eigenvalue weighted by molar-refractivity contribution is 5.81. The first-order chi connectivity index (χ1) is 9.79. The molecule has 1 aromatic carbocycles. The van der Waals surface area contributed by atoms with Crippen LogP contribution < -0.4 is 0 Å². The summed E-state index contributed by atoms with van der Waals surface area (Å²) in [6.07, 6.45) is 2.10. The molecule has 1 saturated heterocycles. The number of rotatable bonds is 3. The Balaban J connectivity index is 2.05. The topological polar surface area (TPSA) is 23.6 Å². The molecular formula is C18H28N2O. The lowest BCUT2D eigenvalue weighted by Crippen LogP contribution is -2.42. The second-order valence-corrected chi connectivity index (χ2v) is 7.31. The van der Waals surface area contributed by atoms with Crippen molar-refractivity contribution < 1.29 is 4.79 Å². The highest BCUT2D eigenvalue weighted by atomic mass is 16.2. The molecule has 0 spiro atoms. The number of carbonyl (C=O) groups is 1. The Kier molecular flexibility index (Phi) is 4.72. The van der Waals surface area contributed by atoms with Crippen molar-refractivity contribution in [1.82, 2.24) is 9.80 Å².